The highest BCUT2D eigenvalue weighted by Crippen LogP contribution is 2.66. The summed E-state index contributed by atoms with van der Waals surface area (Å²) in [4.78, 5) is 54.3. The van der Waals surface area contributed by atoms with Crippen LogP contribution in [0.3, 0.4) is 0 Å². The molecule has 16 nitrogen and oxygen atoms in total. The van der Waals surface area contributed by atoms with E-state index in [1.807, 2.05) is 53.4 Å². The maximum absolute atomic E-state index is 13.4. The normalized spacial score (nSPS) is 30.5. The summed E-state index contributed by atoms with van der Waals surface area (Å²) < 4.78 is 35.9. The van der Waals surface area contributed by atoms with Crippen molar-refractivity contribution in [2.75, 3.05) is 13.2 Å². The molecule has 6 bridgehead atoms. The van der Waals surface area contributed by atoms with E-state index in [2.05, 4.69) is 44.6 Å². The molecule has 0 radical (unpaired) electrons. The van der Waals surface area contributed by atoms with E-state index >= 15 is 0 Å². The van der Waals surface area contributed by atoms with Gasteiger partial charge in [-0.2, -0.15) is 0 Å². The maximum atomic E-state index is 13.4. The van der Waals surface area contributed by atoms with Gasteiger partial charge >= 0.3 is 26.4 Å². The highest BCUT2D eigenvalue weighted by atomic mass is 16.7. The summed E-state index contributed by atoms with van der Waals surface area (Å²) in [5.74, 6) is -0.620. The average molecular weight is 959 g/mol. The SMILES string of the molecule is C=CC(=O)N1C2CCC1(COC(=O)N[C@@H](Cc1coc3ccccc13)B(O)O)CC2.C=CC(=O)N1C2CCC1(COC(=O)N[C@@H](Cc1coc3ccccc13)B1O[C@@H]3C[C@@H]4C[C@@H](C4(C)C)[C@]3(C)O1)CC2. The zero-order valence-electron chi connectivity index (χ0n) is 40.3. The van der Waals surface area contributed by atoms with E-state index < -0.39 is 55.0 Å². The van der Waals surface area contributed by atoms with Crippen LogP contribution >= 0.6 is 0 Å². The van der Waals surface area contributed by atoms with Crippen molar-refractivity contribution < 1.29 is 56.8 Å². The molecule has 4 aromatic rings. The van der Waals surface area contributed by atoms with Crippen molar-refractivity contribution in [3.8, 4) is 0 Å². The van der Waals surface area contributed by atoms with Crippen LogP contribution in [0.1, 0.15) is 96.1 Å². The Morgan fingerprint density at radius 1 is 0.771 bits per heavy atom. The Bertz CT molecular complexity index is 2650. The standard InChI is InChI=1S/C31H39BN2O6.C21H25BN2O6/c1-5-27(35)34-21-10-12-31(34,13-11-21)18-38-28(36)33-26(14-19-17-37-23-9-7-6-8-22(19)23)32-39-25-16-20-15-24(29(20,2)3)30(25,4)40-32;1-2-19(25)24-15-7-9-21(24,10-8-15)13-30-20(26)23-18(22(27)28)11-14-12-29-17-6-4-3-5-16(14)17/h5-9,17,20-21,24-26H,1,10-16,18H2,2-4H3,(H,33,36);2-6,12,15,18,27-28H,1,7-11,13H2,(H,23,26)/t20-,21?,24-,25+,26-,30-,31?;15?,18-,21?/m00/s1. The highest BCUT2D eigenvalue weighted by molar-refractivity contribution is 6.48. The van der Waals surface area contributed by atoms with E-state index in [1.165, 1.54) is 12.2 Å². The fraction of sp³-hybridized carbons (Fsp3) is 0.538. The number of amides is 4. The third-order valence-corrected chi connectivity index (χ3v) is 17.6. The summed E-state index contributed by atoms with van der Waals surface area (Å²) in [6.45, 7) is 14.3. The first kappa shape index (κ1) is 48.1. The van der Waals surface area contributed by atoms with Gasteiger partial charge in [-0.1, -0.05) is 63.4 Å². The molecule has 7 heterocycles. The van der Waals surface area contributed by atoms with Crippen molar-refractivity contribution in [3.63, 3.8) is 0 Å². The second kappa shape index (κ2) is 18.6. The second-order valence-corrected chi connectivity index (χ2v) is 21.6. The van der Waals surface area contributed by atoms with E-state index in [1.54, 1.807) is 17.4 Å². The smallest absolute Gasteiger partial charge is 0.464 e. The van der Waals surface area contributed by atoms with Crippen molar-refractivity contribution >= 4 is 60.2 Å². The fourth-order valence-corrected chi connectivity index (χ4v) is 13.7. The van der Waals surface area contributed by atoms with Gasteiger partial charge in [-0.15, -0.1) is 0 Å². The number of hydrogen-bond donors (Lipinski definition) is 4. The number of fused-ring (bicyclic) bond motifs is 6. The molecule has 70 heavy (non-hydrogen) atoms. The van der Waals surface area contributed by atoms with Crippen LogP contribution in [0.25, 0.3) is 21.9 Å². The Labute approximate surface area is 408 Å². The van der Waals surface area contributed by atoms with Gasteiger partial charge in [0.2, 0.25) is 11.8 Å². The molecule has 0 spiro atoms. The van der Waals surface area contributed by atoms with Crippen molar-refractivity contribution in [2.45, 2.75) is 145 Å². The van der Waals surface area contributed by atoms with Crippen LogP contribution in [0.15, 0.2) is 95.2 Å². The third-order valence-electron chi connectivity index (χ3n) is 17.6. The number of ether oxygens (including phenoxy) is 2. The van der Waals surface area contributed by atoms with Crippen LogP contribution < -0.4 is 10.6 Å². The maximum Gasteiger partial charge on any atom is 0.482 e. The number of benzene rings is 2. The Kier molecular flexibility index (Phi) is 12.8. The highest BCUT2D eigenvalue weighted by Gasteiger charge is 2.68. The summed E-state index contributed by atoms with van der Waals surface area (Å²) in [6, 6.07) is 15.7. The third kappa shape index (κ3) is 8.41. The zero-order chi connectivity index (χ0) is 49.2. The first-order valence-electron chi connectivity index (χ1n) is 25.0. The topological polar surface area (TPSA) is 202 Å². The van der Waals surface area contributed by atoms with E-state index in [4.69, 9.17) is 27.6 Å². The number of carbonyl (C=O) groups is 4. The summed E-state index contributed by atoms with van der Waals surface area (Å²) in [5, 5.41) is 27.0. The van der Waals surface area contributed by atoms with Crippen LogP contribution in [0, 0.1) is 17.3 Å². The lowest BCUT2D eigenvalue weighted by atomic mass is 9.43. The predicted molar refractivity (Wildman–Crippen MR) is 261 cm³/mol. The molecule has 6 atom stereocenters. The minimum Gasteiger partial charge on any atom is -0.464 e. The van der Waals surface area contributed by atoms with Gasteiger partial charge in [-0.05, 0) is 137 Å². The number of nitrogens with zero attached hydrogens (tertiary/aromatic N) is 2. The number of hydrogen-bond acceptors (Lipinski definition) is 12. The van der Waals surface area contributed by atoms with Crippen molar-refractivity contribution in [1.82, 2.24) is 20.4 Å². The molecule has 0 unspecified atom stereocenters. The molecule has 3 saturated carbocycles. The minimum atomic E-state index is -1.77. The van der Waals surface area contributed by atoms with Gasteiger partial charge in [0, 0.05) is 22.9 Å². The molecule has 5 saturated heterocycles. The second-order valence-electron chi connectivity index (χ2n) is 21.6. The Morgan fingerprint density at radius 2 is 1.27 bits per heavy atom. The molecule has 2 aromatic heterocycles. The average Bonchev–Trinajstić information content (AvgIpc) is 4.25. The van der Waals surface area contributed by atoms with E-state index in [0.29, 0.717) is 23.8 Å². The van der Waals surface area contributed by atoms with E-state index in [9.17, 15) is 29.2 Å². The van der Waals surface area contributed by atoms with Crippen LogP contribution in [0.4, 0.5) is 9.59 Å². The van der Waals surface area contributed by atoms with Crippen LogP contribution in [0.5, 0.6) is 0 Å². The van der Waals surface area contributed by atoms with Gasteiger partial charge in [0.1, 0.15) is 24.4 Å². The number of carbonyl (C=O) groups excluding carboxylic acids is 4. The van der Waals surface area contributed by atoms with Gasteiger partial charge in [-0.25, -0.2) is 9.59 Å². The molecule has 2 aromatic carbocycles. The number of rotatable bonds is 14. The molecule has 5 aliphatic heterocycles. The number of furan rings is 2. The summed E-state index contributed by atoms with van der Waals surface area (Å²) >= 11 is 0. The monoisotopic (exact) mass is 958 g/mol. The molecular formula is C52H64B2N4O12. The number of para-hydroxylation sites is 2. The number of alkyl carbamates (subject to hydrolysis) is 2. The molecule has 8 aliphatic rings. The molecule has 4 amide bonds. The predicted octanol–water partition coefficient (Wildman–Crippen LogP) is 6.84. The van der Waals surface area contributed by atoms with Crippen molar-refractivity contribution in [2.24, 2.45) is 17.3 Å². The Morgan fingerprint density at radius 3 is 1.77 bits per heavy atom. The molecule has 4 N–H and O–H groups in total. The zero-order valence-corrected chi connectivity index (χ0v) is 40.3. The van der Waals surface area contributed by atoms with Crippen LogP contribution in [0.2, 0.25) is 0 Å². The summed E-state index contributed by atoms with van der Waals surface area (Å²) in [5.41, 5.74) is 2.11. The Hall–Kier alpha value is -5.55. The van der Waals surface area contributed by atoms with Gasteiger partial charge in [0.25, 0.3) is 0 Å². The van der Waals surface area contributed by atoms with Crippen molar-refractivity contribution in [1.29, 1.82) is 0 Å². The van der Waals surface area contributed by atoms with Gasteiger partial charge < -0.3 is 58.1 Å². The molecule has 3 aliphatic carbocycles. The first-order valence-corrected chi connectivity index (χ1v) is 25.0. The molecule has 370 valence electrons. The van der Waals surface area contributed by atoms with Crippen molar-refractivity contribution in [3.05, 3.63) is 97.5 Å². The Balaban J connectivity index is 0.000000169. The lowest BCUT2D eigenvalue weighted by Gasteiger charge is -2.64. The minimum absolute atomic E-state index is 0.00182. The molecule has 8 fully saturated rings. The molecule has 18 heteroatoms. The van der Waals surface area contributed by atoms with E-state index in [0.717, 1.165) is 91.7 Å². The van der Waals surface area contributed by atoms with E-state index in [-0.39, 0.29) is 55.1 Å². The lowest BCUT2D eigenvalue weighted by molar-refractivity contribution is -0.199. The summed E-state index contributed by atoms with van der Waals surface area (Å²) in [6.07, 6.45) is 14.3. The fourth-order valence-electron chi connectivity index (χ4n) is 13.7. The van der Waals surface area contributed by atoms with Gasteiger partial charge in [0.15, 0.2) is 0 Å². The van der Waals surface area contributed by atoms with Gasteiger partial charge in [0.05, 0.1) is 47.2 Å². The van der Waals surface area contributed by atoms with Gasteiger partial charge in [-0.3, -0.25) is 9.59 Å². The van der Waals surface area contributed by atoms with Crippen LogP contribution in [-0.4, -0.2) is 118 Å². The largest absolute Gasteiger partial charge is 0.482 e. The lowest BCUT2D eigenvalue weighted by Crippen LogP contribution is -2.65. The summed E-state index contributed by atoms with van der Waals surface area (Å²) in [7, 11) is -2.38. The first-order chi connectivity index (χ1) is 33.6. The molecular weight excluding hydrogens is 894 g/mol. The molecule has 12 rings (SSSR count). The van der Waals surface area contributed by atoms with Crippen LogP contribution in [-0.2, 0) is 41.2 Å². The quantitative estimate of drug-likeness (QED) is 0.0759. The number of nitrogens with one attached hydrogen (secondary N) is 2.